The largest absolute Gasteiger partial charge is 0.490 e. The zero-order chi connectivity index (χ0) is 11.9. The van der Waals surface area contributed by atoms with E-state index in [0.29, 0.717) is 12.5 Å². The third kappa shape index (κ3) is 1.49. The molecule has 1 aliphatic heterocycles. The molecule has 1 aromatic rings. The van der Waals surface area contributed by atoms with Gasteiger partial charge in [0.05, 0.1) is 23.2 Å². The molecule has 1 unspecified atom stereocenters. The van der Waals surface area contributed by atoms with Crippen LogP contribution in [-0.4, -0.2) is 11.5 Å². The Morgan fingerprint density at radius 1 is 1.56 bits per heavy atom. The summed E-state index contributed by atoms with van der Waals surface area (Å²) in [7, 11) is 0. The molecule has 0 bridgehead atoms. The van der Waals surface area contributed by atoms with Crippen LogP contribution in [0.2, 0.25) is 0 Å². The highest BCUT2D eigenvalue weighted by molar-refractivity contribution is 5.49. The molecule has 2 rings (SSSR count). The summed E-state index contributed by atoms with van der Waals surface area (Å²) in [6.45, 7) is 0.117. The van der Waals surface area contributed by atoms with Crippen LogP contribution in [0.5, 0.6) is 5.75 Å². The first kappa shape index (κ1) is 10.7. The highest BCUT2D eigenvalue weighted by Gasteiger charge is 2.31. The van der Waals surface area contributed by atoms with Gasteiger partial charge in [0.15, 0.2) is 5.75 Å². The maximum Gasteiger partial charge on any atom is 0.311 e. The molecule has 0 saturated carbocycles. The first-order valence-electron chi connectivity index (χ1n) is 4.57. The van der Waals surface area contributed by atoms with Crippen LogP contribution in [0.15, 0.2) is 6.07 Å². The van der Waals surface area contributed by atoms with Crippen molar-refractivity contribution in [2.75, 3.05) is 6.61 Å². The van der Waals surface area contributed by atoms with Gasteiger partial charge in [-0.1, -0.05) is 0 Å². The van der Waals surface area contributed by atoms with Gasteiger partial charge in [-0.25, -0.2) is 4.39 Å². The number of fused-ring (bicyclic) bond motifs is 1. The third-order valence-electron chi connectivity index (χ3n) is 2.43. The van der Waals surface area contributed by atoms with E-state index >= 15 is 0 Å². The van der Waals surface area contributed by atoms with Crippen molar-refractivity contribution >= 4 is 5.69 Å². The number of nitro groups is 1. The Bertz CT molecular complexity index is 465. The molecule has 1 heterocycles. The molecule has 1 aliphatic rings. The van der Waals surface area contributed by atoms with Crippen molar-refractivity contribution in [1.82, 2.24) is 0 Å². The molecule has 1 atom stereocenters. The number of ether oxygens (including phenoxy) is 1. The van der Waals surface area contributed by atoms with Gasteiger partial charge in [-0.3, -0.25) is 10.1 Å². The second-order valence-corrected chi connectivity index (χ2v) is 3.44. The maximum absolute atomic E-state index is 13.6. The summed E-state index contributed by atoms with van der Waals surface area (Å²) in [6.07, 6.45) is 0.348. The van der Waals surface area contributed by atoms with E-state index in [4.69, 9.17) is 10.5 Å². The van der Waals surface area contributed by atoms with E-state index in [9.17, 15) is 18.9 Å². The number of halogens is 2. The summed E-state index contributed by atoms with van der Waals surface area (Å²) in [5.74, 6) is -2.52. The molecular formula is C9H8F2N2O3. The molecule has 1 aromatic carbocycles. The van der Waals surface area contributed by atoms with E-state index in [1.54, 1.807) is 0 Å². The van der Waals surface area contributed by atoms with E-state index in [1.807, 2.05) is 0 Å². The monoisotopic (exact) mass is 230 g/mol. The van der Waals surface area contributed by atoms with Crippen LogP contribution in [-0.2, 0) is 0 Å². The van der Waals surface area contributed by atoms with Crippen LogP contribution in [0.3, 0.4) is 0 Å². The normalized spacial score (nSPS) is 18.8. The fourth-order valence-electron chi connectivity index (χ4n) is 1.66. The number of nitro benzene ring substituents is 1. The number of hydrogen-bond donors (Lipinski definition) is 1. The molecule has 2 N–H and O–H groups in total. The Labute approximate surface area is 89.0 Å². The summed E-state index contributed by atoms with van der Waals surface area (Å²) < 4.78 is 32.0. The molecule has 0 spiro atoms. The maximum atomic E-state index is 13.6. The number of hydrogen-bond acceptors (Lipinski definition) is 4. The molecule has 16 heavy (non-hydrogen) atoms. The van der Waals surface area contributed by atoms with Crippen LogP contribution in [0.25, 0.3) is 0 Å². The molecule has 86 valence electrons. The first-order valence-corrected chi connectivity index (χ1v) is 4.57. The van der Waals surface area contributed by atoms with Gasteiger partial charge in [0.2, 0.25) is 5.82 Å². The smallest absolute Gasteiger partial charge is 0.311 e. The van der Waals surface area contributed by atoms with Gasteiger partial charge in [-0.2, -0.15) is 4.39 Å². The lowest BCUT2D eigenvalue weighted by molar-refractivity contribution is -0.387. The Kier molecular flexibility index (Phi) is 2.47. The van der Waals surface area contributed by atoms with E-state index in [2.05, 4.69) is 0 Å². The predicted octanol–water partition coefficient (Wildman–Crippen LogP) is 1.66. The van der Waals surface area contributed by atoms with Gasteiger partial charge >= 0.3 is 5.69 Å². The zero-order valence-electron chi connectivity index (χ0n) is 8.07. The second-order valence-electron chi connectivity index (χ2n) is 3.44. The second kappa shape index (κ2) is 3.67. The molecule has 0 amide bonds. The summed E-state index contributed by atoms with van der Waals surface area (Å²) in [5, 5.41) is 10.5. The van der Waals surface area contributed by atoms with Crippen molar-refractivity contribution in [2.24, 2.45) is 5.73 Å². The van der Waals surface area contributed by atoms with Crippen molar-refractivity contribution in [2.45, 2.75) is 12.5 Å². The van der Waals surface area contributed by atoms with Gasteiger partial charge in [-0.15, -0.1) is 0 Å². The van der Waals surface area contributed by atoms with Crippen LogP contribution in [0.1, 0.15) is 18.0 Å². The van der Waals surface area contributed by atoms with Crippen LogP contribution in [0, 0.1) is 21.7 Å². The predicted molar refractivity (Wildman–Crippen MR) is 50.1 cm³/mol. The van der Waals surface area contributed by atoms with Crippen molar-refractivity contribution < 1.29 is 18.4 Å². The van der Waals surface area contributed by atoms with Gasteiger partial charge in [-0.05, 0) is 0 Å². The third-order valence-corrected chi connectivity index (χ3v) is 2.43. The number of nitrogens with two attached hydrogens (primary N) is 1. The Hall–Kier alpha value is -1.76. The van der Waals surface area contributed by atoms with E-state index in [-0.39, 0.29) is 12.2 Å². The first-order chi connectivity index (χ1) is 7.52. The van der Waals surface area contributed by atoms with E-state index < -0.39 is 34.0 Å². The van der Waals surface area contributed by atoms with Crippen molar-refractivity contribution in [3.8, 4) is 5.75 Å². The average Bonchev–Trinajstić information content (AvgIpc) is 2.22. The quantitative estimate of drug-likeness (QED) is 0.587. The molecule has 5 nitrogen and oxygen atoms in total. The van der Waals surface area contributed by atoms with Crippen LogP contribution >= 0.6 is 0 Å². The zero-order valence-corrected chi connectivity index (χ0v) is 8.07. The van der Waals surface area contributed by atoms with Crippen LogP contribution < -0.4 is 10.5 Å². The van der Waals surface area contributed by atoms with Gasteiger partial charge in [0, 0.05) is 12.5 Å². The molecule has 0 aromatic heterocycles. The average molecular weight is 230 g/mol. The SMILES string of the molecule is NC1CCOc2c(F)c([N+](=O)[O-])cc(F)c21. The Balaban J connectivity index is 2.68. The summed E-state index contributed by atoms with van der Waals surface area (Å²) in [5.41, 5.74) is 4.52. The lowest BCUT2D eigenvalue weighted by atomic mass is 10.00. The summed E-state index contributed by atoms with van der Waals surface area (Å²) in [6, 6.07) is -0.165. The topological polar surface area (TPSA) is 78.4 Å². The fraction of sp³-hybridized carbons (Fsp3) is 0.333. The van der Waals surface area contributed by atoms with Gasteiger partial charge in [0.25, 0.3) is 0 Å². The molecule has 7 heteroatoms. The van der Waals surface area contributed by atoms with E-state index in [1.165, 1.54) is 0 Å². The Morgan fingerprint density at radius 2 is 2.25 bits per heavy atom. The highest BCUT2D eigenvalue weighted by Crippen LogP contribution is 2.39. The molecule has 0 fully saturated rings. The Morgan fingerprint density at radius 3 is 2.88 bits per heavy atom. The number of benzene rings is 1. The molecule has 0 aliphatic carbocycles. The molecule has 0 radical (unpaired) electrons. The minimum Gasteiger partial charge on any atom is -0.490 e. The summed E-state index contributed by atoms with van der Waals surface area (Å²) >= 11 is 0. The fourth-order valence-corrected chi connectivity index (χ4v) is 1.66. The van der Waals surface area contributed by atoms with Crippen molar-refractivity contribution in [3.63, 3.8) is 0 Å². The lowest BCUT2D eigenvalue weighted by Crippen LogP contribution is -2.23. The van der Waals surface area contributed by atoms with Gasteiger partial charge < -0.3 is 10.5 Å². The molecule has 0 saturated heterocycles. The number of rotatable bonds is 1. The van der Waals surface area contributed by atoms with Crippen LogP contribution in [0.4, 0.5) is 14.5 Å². The minimum absolute atomic E-state index is 0.117. The lowest BCUT2D eigenvalue weighted by Gasteiger charge is -2.23. The number of nitrogens with zero attached hydrogens (tertiary/aromatic N) is 1. The standard InChI is InChI=1S/C9H8F2N2O3/c10-4-3-6(13(14)15)8(11)9-7(4)5(12)1-2-16-9/h3,5H,1-2,12H2. The van der Waals surface area contributed by atoms with Crippen molar-refractivity contribution in [3.05, 3.63) is 33.4 Å². The highest BCUT2D eigenvalue weighted by atomic mass is 19.1. The van der Waals surface area contributed by atoms with Gasteiger partial charge in [0.1, 0.15) is 5.82 Å². The van der Waals surface area contributed by atoms with E-state index in [0.717, 1.165) is 0 Å². The molecular weight excluding hydrogens is 222 g/mol. The van der Waals surface area contributed by atoms with Crippen molar-refractivity contribution in [1.29, 1.82) is 0 Å². The summed E-state index contributed by atoms with van der Waals surface area (Å²) in [4.78, 5) is 9.46. The minimum atomic E-state index is -1.17.